The van der Waals surface area contributed by atoms with Gasteiger partial charge in [-0.1, -0.05) is 12.8 Å². The van der Waals surface area contributed by atoms with Gasteiger partial charge in [-0.15, -0.1) is 0 Å². The Morgan fingerprint density at radius 2 is 1.96 bits per heavy atom. The molecule has 0 aromatic carbocycles. The number of hydrogen-bond donors (Lipinski definition) is 2. The van der Waals surface area contributed by atoms with E-state index in [2.05, 4.69) is 21.8 Å². The van der Waals surface area contributed by atoms with E-state index in [1.54, 1.807) is 6.20 Å². The van der Waals surface area contributed by atoms with Gasteiger partial charge in [0.15, 0.2) is 5.65 Å². The molecule has 4 rings (SSSR count). The summed E-state index contributed by atoms with van der Waals surface area (Å²) >= 11 is 0. The van der Waals surface area contributed by atoms with Crippen molar-refractivity contribution in [3.8, 4) is 0 Å². The minimum Gasteiger partial charge on any atom is -0.444 e. The van der Waals surface area contributed by atoms with Crippen LogP contribution in [0.2, 0.25) is 0 Å². The van der Waals surface area contributed by atoms with Crippen LogP contribution >= 0.6 is 0 Å². The van der Waals surface area contributed by atoms with Crippen LogP contribution < -0.4 is 10.6 Å². The maximum Gasteiger partial charge on any atom is 0.407 e. The van der Waals surface area contributed by atoms with Crippen LogP contribution in [0.3, 0.4) is 0 Å². The van der Waals surface area contributed by atoms with E-state index in [0.717, 1.165) is 24.3 Å². The summed E-state index contributed by atoms with van der Waals surface area (Å²) in [4.78, 5) is 16.7. The average molecular weight is 371 g/mol. The topological polar surface area (TPSA) is 80.5 Å². The van der Waals surface area contributed by atoms with Crippen molar-refractivity contribution in [2.75, 3.05) is 5.32 Å². The number of nitrogens with one attached hydrogen (secondary N) is 2. The van der Waals surface area contributed by atoms with E-state index in [1.807, 2.05) is 31.4 Å². The number of fused-ring (bicyclic) bond motifs is 1. The molecule has 0 radical (unpaired) electrons. The SMILES string of the molecule is CC(C)(C)OC(=O)N[C@H]1C[C@H](Nc2cc(C3CCCC3)nc3ccnn23)C1. The molecule has 2 aromatic rings. The molecule has 0 unspecified atom stereocenters. The highest BCUT2D eigenvalue weighted by molar-refractivity contribution is 5.68. The number of anilines is 1. The normalized spacial score (nSPS) is 23.2. The van der Waals surface area contributed by atoms with Crippen LogP contribution in [0.15, 0.2) is 18.3 Å². The smallest absolute Gasteiger partial charge is 0.407 e. The maximum atomic E-state index is 11.9. The molecule has 2 heterocycles. The van der Waals surface area contributed by atoms with E-state index >= 15 is 0 Å². The third kappa shape index (κ3) is 4.17. The lowest BCUT2D eigenvalue weighted by atomic mass is 9.87. The van der Waals surface area contributed by atoms with Gasteiger partial charge in [0, 0.05) is 35.8 Å². The Bertz CT molecular complexity index is 813. The number of nitrogens with zero attached hydrogens (tertiary/aromatic N) is 3. The van der Waals surface area contributed by atoms with E-state index in [0.29, 0.717) is 12.0 Å². The maximum absolute atomic E-state index is 11.9. The van der Waals surface area contributed by atoms with Crippen LogP contribution in [0, 0.1) is 0 Å². The number of alkyl carbamates (subject to hydrolysis) is 1. The van der Waals surface area contributed by atoms with E-state index in [4.69, 9.17) is 9.72 Å². The van der Waals surface area contributed by atoms with Gasteiger partial charge in [-0.25, -0.2) is 9.78 Å². The summed E-state index contributed by atoms with van der Waals surface area (Å²) in [7, 11) is 0. The second-order valence-corrected chi connectivity index (χ2v) is 8.80. The summed E-state index contributed by atoms with van der Waals surface area (Å²) in [6, 6.07) is 4.58. The van der Waals surface area contributed by atoms with Crippen molar-refractivity contribution in [3.05, 3.63) is 24.0 Å². The molecule has 1 amide bonds. The lowest BCUT2D eigenvalue weighted by Crippen LogP contribution is -2.50. The summed E-state index contributed by atoms with van der Waals surface area (Å²) < 4.78 is 7.19. The number of aromatic nitrogens is 3. The van der Waals surface area contributed by atoms with E-state index < -0.39 is 5.60 Å². The quantitative estimate of drug-likeness (QED) is 0.853. The molecule has 7 heteroatoms. The first-order valence-corrected chi connectivity index (χ1v) is 9.98. The van der Waals surface area contributed by atoms with Gasteiger partial charge in [0.2, 0.25) is 0 Å². The second kappa shape index (κ2) is 7.02. The highest BCUT2D eigenvalue weighted by Gasteiger charge is 2.32. The van der Waals surface area contributed by atoms with Gasteiger partial charge in [-0.3, -0.25) is 0 Å². The Kier molecular flexibility index (Phi) is 4.70. The predicted octanol–water partition coefficient (Wildman–Crippen LogP) is 3.85. The predicted molar refractivity (Wildman–Crippen MR) is 104 cm³/mol. The number of hydrogen-bond acceptors (Lipinski definition) is 5. The number of rotatable bonds is 4. The summed E-state index contributed by atoms with van der Waals surface area (Å²) in [6.45, 7) is 5.62. The molecule has 7 nitrogen and oxygen atoms in total. The molecule has 2 aromatic heterocycles. The fourth-order valence-electron chi connectivity index (χ4n) is 4.00. The monoisotopic (exact) mass is 371 g/mol. The van der Waals surface area contributed by atoms with Crippen molar-refractivity contribution >= 4 is 17.6 Å². The van der Waals surface area contributed by atoms with Crippen molar-refractivity contribution in [2.24, 2.45) is 0 Å². The van der Waals surface area contributed by atoms with Crippen molar-refractivity contribution in [1.82, 2.24) is 19.9 Å². The van der Waals surface area contributed by atoms with Gasteiger partial charge in [0.25, 0.3) is 0 Å². The lowest BCUT2D eigenvalue weighted by Gasteiger charge is -2.37. The summed E-state index contributed by atoms with van der Waals surface area (Å²) in [5, 5.41) is 10.9. The van der Waals surface area contributed by atoms with E-state index in [9.17, 15) is 4.79 Å². The molecule has 146 valence electrons. The molecule has 27 heavy (non-hydrogen) atoms. The molecule has 2 aliphatic carbocycles. The van der Waals surface area contributed by atoms with Gasteiger partial charge >= 0.3 is 6.09 Å². The Hall–Kier alpha value is -2.31. The highest BCUT2D eigenvalue weighted by Crippen LogP contribution is 2.35. The highest BCUT2D eigenvalue weighted by atomic mass is 16.6. The molecular formula is C20H29N5O2. The van der Waals surface area contributed by atoms with Crippen molar-refractivity contribution < 1.29 is 9.53 Å². The Morgan fingerprint density at radius 3 is 2.67 bits per heavy atom. The Balaban J connectivity index is 1.38. The first kappa shape index (κ1) is 18.1. The number of carbonyl (C=O) groups is 1. The molecule has 2 aliphatic rings. The van der Waals surface area contributed by atoms with Crippen LogP contribution in [0.4, 0.5) is 10.6 Å². The van der Waals surface area contributed by atoms with Crippen LogP contribution in [-0.4, -0.2) is 38.4 Å². The van der Waals surface area contributed by atoms with Gasteiger partial charge in [-0.05, 0) is 46.5 Å². The van der Waals surface area contributed by atoms with E-state index in [1.165, 1.54) is 31.4 Å². The third-order valence-corrected chi connectivity index (χ3v) is 5.36. The zero-order valence-electron chi connectivity index (χ0n) is 16.4. The molecule has 0 aliphatic heterocycles. The minimum absolute atomic E-state index is 0.154. The first-order chi connectivity index (χ1) is 12.9. The molecule has 0 atom stereocenters. The first-order valence-electron chi connectivity index (χ1n) is 9.98. The number of amides is 1. The zero-order valence-corrected chi connectivity index (χ0v) is 16.4. The van der Waals surface area contributed by atoms with Gasteiger partial charge in [0.05, 0.1) is 6.20 Å². The molecule has 2 N–H and O–H groups in total. The molecule has 0 bridgehead atoms. The molecule has 2 saturated carbocycles. The van der Waals surface area contributed by atoms with Crippen molar-refractivity contribution in [2.45, 2.75) is 82.9 Å². The van der Waals surface area contributed by atoms with Crippen molar-refractivity contribution in [3.63, 3.8) is 0 Å². The summed E-state index contributed by atoms with van der Waals surface area (Å²) in [5.74, 6) is 1.56. The largest absolute Gasteiger partial charge is 0.444 e. The zero-order chi connectivity index (χ0) is 19.0. The summed E-state index contributed by atoms with van der Waals surface area (Å²) in [5.41, 5.74) is 1.60. The second-order valence-electron chi connectivity index (χ2n) is 8.80. The van der Waals surface area contributed by atoms with Crippen LogP contribution in [-0.2, 0) is 4.74 Å². The molecule has 0 spiro atoms. The van der Waals surface area contributed by atoms with Crippen LogP contribution in [0.1, 0.15) is 70.9 Å². The van der Waals surface area contributed by atoms with Gasteiger partial charge in [-0.2, -0.15) is 9.61 Å². The molecular weight excluding hydrogens is 342 g/mol. The van der Waals surface area contributed by atoms with Crippen LogP contribution in [0.25, 0.3) is 5.65 Å². The Labute approximate surface area is 159 Å². The fourth-order valence-corrected chi connectivity index (χ4v) is 4.00. The standard InChI is InChI=1S/C20H29N5O2/c1-20(2,3)27-19(26)23-15-10-14(11-15)22-18-12-16(13-6-4-5-7-13)24-17-8-9-21-25(17)18/h8-9,12-15,22H,4-7,10-11H2,1-3H3,(H,23,26)/t14-,15-. The van der Waals surface area contributed by atoms with Gasteiger partial charge < -0.3 is 15.4 Å². The molecule has 0 saturated heterocycles. The van der Waals surface area contributed by atoms with Gasteiger partial charge in [0.1, 0.15) is 11.4 Å². The number of carbonyl (C=O) groups excluding carboxylic acids is 1. The van der Waals surface area contributed by atoms with Crippen molar-refractivity contribution in [1.29, 1.82) is 0 Å². The third-order valence-electron chi connectivity index (χ3n) is 5.36. The minimum atomic E-state index is -0.467. The fraction of sp³-hybridized carbons (Fsp3) is 0.650. The van der Waals surface area contributed by atoms with Crippen LogP contribution in [0.5, 0.6) is 0 Å². The molecule has 2 fully saturated rings. The Morgan fingerprint density at radius 1 is 1.22 bits per heavy atom. The number of ether oxygens (including phenoxy) is 1. The lowest BCUT2D eigenvalue weighted by molar-refractivity contribution is 0.0475. The van der Waals surface area contributed by atoms with E-state index in [-0.39, 0.29) is 12.1 Å². The summed E-state index contributed by atoms with van der Waals surface area (Å²) in [6.07, 6.45) is 8.24. The average Bonchev–Trinajstić information content (AvgIpc) is 3.22.